The van der Waals surface area contributed by atoms with E-state index >= 15 is 0 Å². The van der Waals surface area contributed by atoms with Crippen LogP contribution in [0.2, 0.25) is 0 Å². The molecule has 7 heteroatoms. The number of thiophene rings is 1. The van der Waals surface area contributed by atoms with Gasteiger partial charge in [0, 0.05) is 12.7 Å². The molecule has 0 bridgehead atoms. The van der Waals surface area contributed by atoms with Crippen molar-refractivity contribution in [2.24, 2.45) is 0 Å². The van der Waals surface area contributed by atoms with Gasteiger partial charge in [0.2, 0.25) is 0 Å². The van der Waals surface area contributed by atoms with Crippen molar-refractivity contribution in [2.75, 3.05) is 14.2 Å². The van der Waals surface area contributed by atoms with Crippen LogP contribution < -0.4 is 4.74 Å². The van der Waals surface area contributed by atoms with Crippen molar-refractivity contribution in [3.8, 4) is 17.0 Å². The quantitative estimate of drug-likeness (QED) is 0.173. The third kappa shape index (κ3) is 4.81. The molecule has 1 fully saturated rings. The number of carbonyl (C=O) groups is 2. The number of esters is 1. The standard InChI is InChI=1S/C30H31NO5S/c1-34-19-31-26(22-15-9-10-16-24(22)36-18-20-11-5-3-6-12-20)25(21-13-7-4-8-14-21)29-27(31)23(17-32)28(37-29)30(33)35-2/h3,5-6,9-12,15-17,21H,4,7-8,13-14,18-19H2,1-2H3. The van der Waals surface area contributed by atoms with Gasteiger partial charge in [-0.2, -0.15) is 0 Å². The monoisotopic (exact) mass is 517 g/mol. The zero-order chi connectivity index (χ0) is 25.8. The van der Waals surface area contributed by atoms with Crippen LogP contribution >= 0.6 is 11.3 Å². The Balaban J connectivity index is 1.74. The molecule has 192 valence electrons. The fourth-order valence-electron chi connectivity index (χ4n) is 5.45. The molecule has 0 N–H and O–H groups in total. The Hall–Kier alpha value is -3.42. The number of aldehydes is 1. The minimum Gasteiger partial charge on any atom is -0.488 e. The van der Waals surface area contributed by atoms with Gasteiger partial charge in [0.05, 0.1) is 28.6 Å². The van der Waals surface area contributed by atoms with Gasteiger partial charge in [-0.05, 0) is 42.0 Å². The molecule has 0 amide bonds. The van der Waals surface area contributed by atoms with E-state index in [2.05, 4.69) is 6.07 Å². The lowest BCUT2D eigenvalue weighted by atomic mass is 9.83. The highest BCUT2D eigenvalue weighted by Gasteiger charge is 2.33. The highest BCUT2D eigenvalue weighted by molar-refractivity contribution is 7.21. The molecule has 4 aromatic rings. The molecule has 0 unspecified atom stereocenters. The first-order chi connectivity index (χ1) is 18.2. The summed E-state index contributed by atoms with van der Waals surface area (Å²) < 4.78 is 20.0. The van der Waals surface area contributed by atoms with E-state index in [4.69, 9.17) is 14.2 Å². The Bertz CT molecular complexity index is 1400. The molecule has 2 heterocycles. The van der Waals surface area contributed by atoms with Crippen LogP contribution in [0.25, 0.3) is 21.5 Å². The van der Waals surface area contributed by atoms with Crippen LogP contribution in [0.3, 0.4) is 0 Å². The maximum Gasteiger partial charge on any atom is 0.348 e. The molecule has 2 aromatic heterocycles. The van der Waals surface area contributed by atoms with E-state index in [0.29, 0.717) is 23.0 Å². The summed E-state index contributed by atoms with van der Waals surface area (Å²) in [5.74, 6) is 0.594. The zero-order valence-electron chi connectivity index (χ0n) is 21.2. The molecule has 5 rings (SSSR count). The van der Waals surface area contributed by atoms with Crippen molar-refractivity contribution in [3.63, 3.8) is 0 Å². The topological polar surface area (TPSA) is 66.8 Å². The lowest BCUT2D eigenvalue weighted by Crippen LogP contribution is -2.10. The van der Waals surface area contributed by atoms with Crippen molar-refractivity contribution in [1.82, 2.24) is 4.57 Å². The molecule has 0 radical (unpaired) electrons. The first-order valence-corrected chi connectivity index (χ1v) is 13.5. The Labute approximate surface area is 220 Å². The molecule has 1 aliphatic carbocycles. The third-order valence-corrected chi connectivity index (χ3v) is 8.31. The van der Waals surface area contributed by atoms with E-state index in [1.807, 2.05) is 53.1 Å². The minimum absolute atomic E-state index is 0.240. The second-order valence-electron chi connectivity index (χ2n) is 9.35. The summed E-state index contributed by atoms with van der Waals surface area (Å²) in [6.45, 7) is 0.686. The van der Waals surface area contributed by atoms with Crippen molar-refractivity contribution in [3.05, 3.63) is 76.2 Å². The van der Waals surface area contributed by atoms with Gasteiger partial charge in [-0.15, -0.1) is 11.3 Å². The molecule has 0 saturated heterocycles. The number of rotatable bonds is 9. The van der Waals surface area contributed by atoms with E-state index < -0.39 is 5.97 Å². The molecule has 0 atom stereocenters. The minimum atomic E-state index is -0.491. The lowest BCUT2D eigenvalue weighted by molar-refractivity contribution is 0.0604. The summed E-state index contributed by atoms with van der Waals surface area (Å²) in [6, 6.07) is 18.1. The summed E-state index contributed by atoms with van der Waals surface area (Å²) >= 11 is 1.35. The Morgan fingerprint density at radius 3 is 2.46 bits per heavy atom. The van der Waals surface area contributed by atoms with Gasteiger partial charge in [-0.1, -0.05) is 61.7 Å². The predicted octanol–water partition coefficient (Wildman–Crippen LogP) is 7.20. The Kier molecular flexibility index (Phi) is 7.72. The van der Waals surface area contributed by atoms with Crippen LogP contribution in [0, 0.1) is 0 Å². The van der Waals surface area contributed by atoms with Gasteiger partial charge in [0.1, 0.15) is 24.0 Å². The van der Waals surface area contributed by atoms with Crippen molar-refractivity contribution in [1.29, 1.82) is 0 Å². The molecule has 1 aliphatic rings. The van der Waals surface area contributed by atoms with Gasteiger partial charge in [0.25, 0.3) is 0 Å². The second-order valence-corrected chi connectivity index (χ2v) is 10.4. The Morgan fingerprint density at radius 2 is 1.76 bits per heavy atom. The van der Waals surface area contributed by atoms with Crippen molar-refractivity contribution >= 4 is 33.8 Å². The first kappa shape index (κ1) is 25.2. The fraction of sp³-hybridized carbons (Fsp3) is 0.333. The normalized spacial score (nSPS) is 14.1. The lowest BCUT2D eigenvalue weighted by Gasteiger charge is -2.24. The number of nitrogens with zero attached hydrogens (tertiary/aromatic N) is 1. The molecule has 2 aromatic carbocycles. The van der Waals surface area contributed by atoms with Crippen LogP contribution in [-0.4, -0.2) is 31.0 Å². The van der Waals surface area contributed by atoms with Crippen LogP contribution in [0.5, 0.6) is 5.75 Å². The van der Waals surface area contributed by atoms with E-state index in [-0.39, 0.29) is 6.73 Å². The maximum absolute atomic E-state index is 12.6. The highest BCUT2D eigenvalue weighted by atomic mass is 32.1. The molecule has 6 nitrogen and oxygen atoms in total. The van der Waals surface area contributed by atoms with Gasteiger partial charge in [-0.25, -0.2) is 4.79 Å². The SMILES string of the molecule is COCn1c(-c2ccccc2OCc2ccccc2)c(C2CCCCC2)c2sc(C(=O)OC)c(C=O)c21. The molecule has 37 heavy (non-hydrogen) atoms. The molecular weight excluding hydrogens is 486 g/mol. The van der Waals surface area contributed by atoms with Crippen LogP contribution in [0.15, 0.2) is 54.6 Å². The average molecular weight is 518 g/mol. The summed E-state index contributed by atoms with van der Waals surface area (Å²) in [6.07, 6.45) is 6.43. The maximum atomic E-state index is 12.6. The smallest absolute Gasteiger partial charge is 0.348 e. The average Bonchev–Trinajstić information content (AvgIpc) is 3.47. The van der Waals surface area contributed by atoms with Crippen molar-refractivity contribution in [2.45, 2.75) is 51.4 Å². The fourth-order valence-corrected chi connectivity index (χ4v) is 6.76. The van der Waals surface area contributed by atoms with Gasteiger partial charge in [0.15, 0.2) is 6.29 Å². The number of methoxy groups -OCH3 is 2. The molecule has 0 spiro atoms. The number of fused-ring (bicyclic) bond motifs is 1. The number of ether oxygens (including phenoxy) is 3. The van der Waals surface area contributed by atoms with Gasteiger partial charge < -0.3 is 18.8 Å². The summed E-state index contributed by atoms with van der Waals surface area (Å²) in [5.41, 5.74) is 5.30. The first-order valence-electron chi connectivity index (χ1n) is 12.6. The molecule has 0 aliphatic heterocycles. The van der Waals surface area contributed by atoms with Crippen LogP contribution in [0.4, 0.5) is 0 Å². The van der Waals surface area contributed by atoms with E-state index in [9.17, 15) is 9.59 Å². The van der Waals surface area contributed by atoms with E-state index in [1.54, 1.807) is 7.11 Å². The Morgan fingerprint density at radius 1 is 1.03 bits per heavy atom. The van der Waals surface area contributed by atoms with E-state index in [1.165, 1.54) is 30.4 Å². The molecular formula is C30H31NO5S. The number of para-hydroxylation sites is 1. The number of carbonyl (C=O) groups excluding carboxylic acids is 2. The number of hydrogen-bond donors (Lipinski definition) is 0. The highest BCUT2D eigenvalue weighted by Crippen LogP contribution is 2.49. The van der Waals surface area contributed by atoms with Crippen LogP contribution in [0.1, 0.15) is 69.2 Å². The van der Waals surface area contributed by atoms with Crippen molar-refractivity contribution < 1.29 is 23.8 Å². The third-order valence-electron chi connectivity index (χ3n) is 7.10. The second kappa shape index (κ2) is 11.3. The summed E-state index contributed by atoms with van der Waals surface area (Å²) in [4.78, 5) is 25.3. The molecule has 1 saturated carbocycles. The number of aromatic nitrogens is 1. The predicted molar refractivity (Wildman–Crippen MR) is 146 cm³/mol. The van der Waals surface area contributed by atoms with Gasteiger partial charge in [-0.3, -0.25) is 4.79 Å². The zero-order valence-corrected chi connectivity index (χ0v) is 22.0. The van der Waals surface area contributed by atoms with Gasteiger partial charge >= 0.3 is 5.97 Å². The summed E-state index contributed by atoms with van der Waals surface area (Å²) in [5, 5.41) is 0. The van der Waals surface area contributed by atoms with E-state index in [0.717, 1.165) is 64.8 Å². The number of hydrogen-bond acceptors (Lipinski definition) is 6. The van der Waals surface area contributed by atoms with Crippen LogP contribution in [-0.2, 0) is 22.8 Å². The largest absolute Gasteiger partial charge is 0.488 e. The number of benzene rings is 2. The summed E-state index contributed by atoms with van der Waals surface area (Å²) in [7, 11) is 2.99.